The molecule has 0 fully saturated rings. The van der Waals surface area contributed by atoms with Crippen LogP contribution in [0.4, 0.5) is 5.69 Å². The van der Waals surface area contributed by atoms with E-state index in [2.05, 4.69) is 37.9 Å². The smallest absolute Gasteiger partial charge is 0.339 e. The zero-order valence-electron chi connectivity index (χ0n) is 9.60. The Bertz CT molecular complexity index is 622. The van der Waals surface area contributed by atoms with Crippen LogP contribution >= 0.6 is 34.2 Å². The van der Waals surface area contributed by atoms with Crippen molar-refractivity contribution in [1.82, 2.24) is 9.97 Å². The molecule has 19 heavy (non-hydrogen) atoms. The van der Waals surface area contributed by atoms with Crippen LogP contribution in [0.1, 0.15) is 16.1 Å². The van der Waals surface area contributed by atoms with Gasteiger partial charge in [-0.2, -0.15) is 0 Å². The zero-order chi connectivity index (χ0) is 13.8. The molecule has 0 radical (unpaired) electrons. The number of halogens is 2. The quantitative estimate of drug-likeness (QED) is 0.786. The lowest BCUT2D eigenvalue weighted by molar-refractivity contribution is 0.0694. The van der Waals surface area contributed by atoms with E-state index in [4.69, 9.17) is 16.7 Å². The minimum absolute atomic E-state index is 0.0802. The van der Waals surface area contributed by atoms with Crippen LogP contribution in [0, 0.1) is 3.57 Å². The van der Waals surface area contributed by atoms with Gasteiger partial charge in [-0.3, -0.25) is 0 Å². The number of nitrogens with one attached hydrogen (secondary N) is 1. The first-order chi connectivity index (χ1) is 9.08. The molecule has 1 aromatic heterocycles. The molecule has 0 unspecified atom stereocenters. The average Bonchev–Trinajstić information content (AvgIpc) is 2.38. The molecule has 0 amide bonds. The van der Waals surface area contributed by atoms with Crippen LogP contribution in [0.15, 0.2) is 30.7 Å². The van der Waals surface area contributed by atoms with E-state index in [1.54, 1.807) is 0 Å². The predicted molar refractivity (Wildman–Crippen MR) is 80.5 cm³/mol. The van der Waals surface area contributed by atoms with Gasteiger partial charge in [0.1, 0.15) is 11.9 Å². The van der Waals surface area contributed by atoms with Gasteiger partial charge < -0.3 is 10.4 Å². The molecule has 98 valence electrons. The summed E-state index contributed by atoms with van der Waals surface area (Å²) in [4.78, 5) is 18.7. The SMILES string of the molecule is O=C(O)c1cncnc1CNc1ccc(I)cc1Cl. The van der Waals surface area contributed by atoms with Crippen molar-refractivity contribution >= 4 is 45.8 Å². The Balaban J connectivity index is 2.17. The number of hydrogen-bond donors (Lipinski definition) is 2. The van der Waals surface area contributed by atoms with Crippen molar-refractivity contribution < 1.29 is 9.90 Å². The lowest BCUT2D eigenvalue weighted by atomic mass is 10.2. The molecule has 0 spiro atoms. The van der Waals surface area contributed by atoms with Gasteiger partial charge in [-0.05, 0) is 40.8 Å². The summed E-state index contributed by atoms with van der Waals surface area (Å²) < 4.78 is 1.03. The van der Waals surface area contributed by atoms with E-state index in [0.29, 0.717) is 10.7 Å². The molecule has 0 saturated carbocycles. The Hall–Kier alpha value is -1.41. The minimum atomic E-state index is -1.05. The number of nitrogens with zero attached hydrogens (tertiary/aromatic N) is 2. The molecule has 1 aromatic carbocycles. The van der Waals surface area contributed by atoms with E-state index in [-0.39, 0.29) is 12.1 Å². The number of aromatic carboxylic acids is 1. The topological polar surface area (TPSA) is 75.1 Å². The molecule has 2 N–H and O–H groups in total. The largest absolute Gasteiger partial charge is 0.478 e. The molecule has 2 aromatic rings. The van der Waals surface area contributed by atoms with Crippen LogP contribution in [-0.2, 0) is 6.54 Å². The maximum Gasteiger partial charge on any atom is 0.339 e. The summed E-state index contributed by atoms with van der Waals surface area (Å²) in [5.41, 5.74) is 1.23. The highest BCUT2D eigenvalue weighted by atomic mass is 127. The molecular formula is C12H9ClIN3O2. The predicted octanol–water partition coefficient (Wildman–Crippen LogP) is 3.04. The standard InChI is InChI=1S/C12H9ClIN3O2/c13-9-3-7(14)1-2-10(9)16-5-11-8(12(18)19)4-15-6-17-11/h1-4,6,16H,5H2,(H,18,19). The maximum atomic E-state index is 11.0. The molecule has 0 saturated heterocycles. The summed E-state index contributed by atoms with van der Waals surface area (Å²) in [6, 6.07) is 5.57. The monoisotopic (exact) mass is 389 g/mol. The summed E-state index contributed by atoms with van der Waals surface area (Å²) >= 11 is 8.25. The highest BCUT2D eigenvalue weighted by molar-refractivity contribution is 14.1. The summed E-state index contributed by atoms with van der Waals surface area (Å²) in [6.07, 6.45) is 2.60. The molecule has 1 heterocycles. The molecule has 0 atom stereocenters. The van der Waals surface area contributed by atoms with Crippen LogP contribution in [0.2, 0.25) is 5.02 Å². The highest BCUT2D eigenvalue weighted by Crippen LogP contribution is 2.24. The summed E-state index contributed by atoms with van der Waals surface area (Å²) in [6.45, 7) is 0.268. The first-order valence-corrected chi connectivity index (χ1v) is 6.74. The summed E-state index contributed by atoms with van der Waals surface area (Å²) in [7, 11) is 0. The lowest BCUT2D eigenvalue weighted by Crippen LogP contribution is -2.10. The molecular weight excluding hydrogens is 381 g/mol. The van der Waals surface area contributed by atoms with Gasteiger partial charge in [-0.1, -0.05) is 11.6 Å². The third kappa shape index (κ3) is 3.54. The van der Waals surface area contributed by atoms with Gasteiger partial charge >= 0.3 is 5.97 Å². The van der Waals surface area contributed by atoms with Gasteiger partial charge in [0.2, 0.25) is 0 Å². The van der Waals surface area contributed by atoms with Crippen molar-refractivity contribution in [1.29, 1.82) is 0 Å². The van der Waals surface area contributed by atoms with Crippen molar-refractivity contribution in [3.8, 4) is 0 Å². The van der Waals surface area contributed by atoms with E-state index in [9.17, 15) is 4.79 Å². The normalized spacial score (nSPS) is 10.2. The van der Waals surface area contributed by atoms with Gasteiger partial charge in [0.05, 0.1) is 22.9 Å². The third-order valence-electron chi connectivity index (χ3n) is 2.40. The van der Waals surface area contributed by atoms with E-state index in [1.165, 1.54) is 12.5 Å². The zero-order valence-corrected chi connectivity index (χ0v) is 12.5. The number of hydrogen-bond acceptors (Lipinski definition) is 4. The van der Waals surface area contributed by atoms with Gasteiger partial charge in [-0.25, -0.2) is 14.8 Å². The minimum Gasteiger partial charge on any atom is -0.478 e. The first-order valence-electron chi connectivity index (χ1n) is 5.29. The number of anilines is 1. The summed E-state index contributed by atoms with van der Waals surface area (Å²) in [5.74, 6) is -1.05. The van der Waals surface area contributed by atoms with Crippen LogP contribution in [0.3, 0.4) is 0 Å². The van der Waals surface area contributed by atoms with Gasteiger partial charge in [0.15, 0.2) is 0 Å². The third-order valence-corrected chi connectivity index (χ3v) is 3.39. The lowest BCUT2D eigenvalue weighted by Gasteiger charge is -2.09. The van der Waals surface area contributed by atoms with Crippen LogP contribution in [-0.4, -0.2) is 21.0 Å². The molecule has 0 aliphatic heterocycles. The highest BCUT2D eigenvalue weighted by Gasteiger charge is 2.11. The molecule has 0 bridgehead atoms. The van der Waals surface area contributed by atoms with E-state index >= 15 is 0 Å². The van der Waals surface area contributed by atoms with E-state index < -0.39 is 5.97 Å². The molecule has 0 aliphatic carbocycles. The van der Waals surface area contributed by atoms with Crippen molar-refractivity contribution in [2.45, 2.75) is 6.54 Å². The van der Waals surface area contributed by atoms with Gasteiger partial charge in [-0.15, -0.1) is 0 Å². The fraction of sp³-hybridized carbons (Fsp3) is 0.0833. The van der Waals surface area contributed by atoms with Crippen molar-refractivity contribution in [3.05, 3.63) is 50.6 Å². The van der Waals surface area contributed by atoms with E-state index in [1.807, 2.05) is 18.2 Å². The second-order valence-corrected chi connectivity index (χ2v) is 5.32. The van der Waals surface area contributed by atoms with E-state index in [0.717, 1.165) is 9.26 Å². The number of carboxylic acids is 1. The maximum absolute atomic E-state index is 11.0. The van der Waals surface area contributed by atoms with Crippen LogP contribution in [0.25, 0.3) is 0 Å². The Morgan fingerprint density at radius 3 is 2.95 bits per heavy atom. The first kappa shape index (κ1) is 14.0. The number of rotatable bonds is 4. The summed E-state index contributed by atoms with van der Waals surface area (Å²) in [5, 5.41) is 12.7. The fourth-order valence-electron chi connectivity index (χ4n) is 1.49. The fourth-order valence-corrected chi connectivity index (χ4v) is 2.41. The Labute approximate surface area is 128 Å². The Morgan fingerprint density at radius 2 is 2.26 bits per heavy atom. The number of benzene rings is 1. The molecule has 0 aliphatic rings. The van der Waals surface area contributed by atoms with Crippen LogP contribution < -0.4 is 5.32 Å². The Morgan fingerprint density at radius 1 is 1.47 bits per heavy atom. The Kier molecular flexibility index (Phi) is 4.54. The van der Waals surface area contributed by atoms with Crippen molar-refractivity contribution in [2.24, 2.45) is 0 Å². The second kappa shape index (κ2) is 6.16. The second-order valence-electron chi connectivity index (χ2n) is 3.67. The molecule has 5 nitrogen and oxygen atoms in total. The van der Waals surface area contributed by atoms with Gasteiger partial charge in [0.25, 0.3) is 0 Å². The van der Waals surface area contributed by atoms with Crippen molar-refractivity contribution in [2.75, 3.05) is 5.32 Å². The number of carbonyl (C=O) groups is 1. The number of carboxylic acid groups (broad SMARTS) is 1. The average molecular weight is 390 g/mol. The molecule has 2 rings (SSSR count). The number of aromatic nitrogens is 2. The molecule has 7 heteroatoms. The van der Waals surface area contributed by atoms with Crippen LogP contribution in [0.5, 0.6) is 0 Å². The van der Waals surface area contributed by atoms with Crippen molar-refractivity contribution in [3.63, 3.8) is 0 Å². The van der Waals surface area contributed by atoms with Gasteiger partial charge in [0, 0.05) is 9.77 Å².